The number of fused-ring (bicyclic) bond motifs is 6. The number of phenolic OH excluding ortho intramolecular Hbond substituents is 1. The Morgan fingerprint density at radius 1 is 1.10 bits per heavy atom. The lowest BCUT2D eigenvalue weighted by Gasteiger charge is -2.16. The third kappa shape index (κ3) is 3.85. The number of amides is 1. The zero-order valence-corrected chi connectivity index (χ0v) is 18.1. The molecule has 0 saturated heterocycles. The fourth-order valence-electron chi connectivity index (χ4n) is 3.07. The first-order valence-corrected chi connectivity index (χ1v) is 10.8. The van der Waals surface area contributed by atoms with Crippen molar-refractivity contribution in [2.45, 2.75) is 11.4 Å². The number of anilines is 1. The molecule has 4 bridgehead atoms. The predicted molar refractivity (Wildman–Crippen MR) is 114 cm³/mol. The van der Waals surface area contributed by atoms with Crippen molar-refractivity contribution in [1.82, 2.24) is 5.32 Å². The number of halogens is 4. The van der Waals surface area contributed by atoms with E-state index in [1.54, 1.807) is 18.2 Å². The van der Waals surface area contributed by atoms with Crippen LogP contribution in [0.25, 0.3) is 11.1 Å². The fourth-order valence-corrected chi connectivity index (χ4v) is 4.69. The van der Waals surface area contributed by atoms with Crippen LogP contribution in [-0.4, -0.2) is 15.6 Å². The topological polar surface area (TPSA) is 84.4 Å². The zero-order chi connectivity index (χ0) is 21.6. The van der Waals surface area contributed by atoms with E-state index in [1.165, 1.54) is 18.2 Å². The summed E-state index contributed by atoms with van der Waals surface area (Å²) in [6, 6.07) is 9.37. The largest absolute Gasteiger partial charge is 0.588 e. The molecule has 1 unspecified atom stereocenters. The van der Waals surface area contributed by atoms with Crippen LogP contribution in [0.5, 0.6) is 5.75 Å². The molecule has 30 heavy (non-hydrogen) atoms. The third-order valence-electron chi connectivity index (χ3n) is 4.55. The monoisotopic (exact) mass is 512 g/mol. The van der Waals surface area contributed by atoms with Crippen LogP contribution in [0.2, 0.25) is 5.02 Å². The summed E-state index contributed by atoms with van der Waals surface area (Å²) in [4.78, 5) is 12.4. The molecule has 1 aliphatic rings. The van der Waals surface area contributed by atoms with Gasteiger partial charge in [-0.05, 0) is 35.4 Å². The maximum Gasteiger partial charge on any atom is 0.251 e. The summed E-state index contributed by atoms with van der Waals surface area (Å²) in [7, 11) is 0. The number of rotatable bonds is 0. The molecule has 1 aliphatic heterocycles. The quantitative estimate of drug-likeness (QED) is 0.364. The highest BCUT2D eigenvalue weighted by atomic mass is 79.9. The molecule has 1 heterocycles. The van der Waals surface area contributed by atoms with Crippen molar-refractivity contribution in [3.63, 3.8) is 0 Å². The molecule has 1 amide bonds. The summed E-state index contributed by atoms with van der Waals surface area (Å²) in [6.07, 6.45) is 0. The van der Waals surface area contributed by atoms with E-state index in [4.69, 9.17) is 11.6 Å². The summed E-state index contributed by atoms with van der Waals surface area (Å²) in [6.45, 7) is 0.0396. The molecule has 0 aromatic heterocycles. The molecule has 3 N–H and O–H groups in total. The van der Waals surface area contributed by atoms with Crippen LogP contribution in [0.3, 0.4) is 0 Å². The van der Waals surface area contributed by atoms with Crippen molar-refractivity contribution in [3.8, 4) is 16.9 Å². The average Bonchev–Trinajstić information content (AvgIpc) is 2.70. The van der Waals surface area contributed by atoms with Crippen molar-refractivity contribution in [1.29, 1.82) is 0 Å². The third-order valence-corrected chi connectivity index (χ3v) is 6.45. The first-order valence-electron chi connectivity index (χ1n) is 8.51. The minimum atomic E-state index is -2.19. The molecule has 154 valence electrons. The summed E-state index contributed by atoms with van der Waals surface area (Å²) >= 11 is 7.13. The molecular formula is C20H12BrClF2N2O3S. The highest BCUT2D eigenvalue weighted by molar-refractivity contribution is 9.10. The van der Waals surface area contributed by atoms with Gasteiger partial charge in [-0.1, -0.05) is 33.6 Å². The SMILES string of the molecule is O=C1NCc2ccc(Br)cc2-c2cc(c(F)cc2F)N[S+]([O-])c2cc1cc(Cl)c2O. The molecule has 0 radical (unpaired) electrons. The van der Waals surface area contributed by atoms with E-state index < -0.39 is 34.7 Å². The van der Waals surface area contributed by atoms with Crippen molar-refractivity contribution >= 4 is 50.5 Å². The molecule has 5 nitrogen and oxygen atoms in total. The number of phenols is 1. The fraction of sp³-hybridized carbons (Fsp3) is 0.0500. The normalized spacial score (nSPS) is 15.8. The van der Waals surface area contributed by atoms with Crippen molar-refractivity contribution in [3.05, 3.63) is 74.7 Å². The molecule has 0 aliphatic carbocycles. The van der Waals surface area contributed by atoms with Gasteiger partial charge in [-0.15, -0.1) is 0 Å². The predicted octanol–water partition coefficient (Wildman–Crippen LogP) is 5.13. The van der Waals surface area contributed by atoms with Crippen LogP contribution >= 0.6 is 27.5 Å². The number of hydrogen-bond donors (Lipinski definition) is 3. The van der Waals surface area contributed by atoms with Crippen LogP contribution in [0.15, 0.2) is 51.8 Å². The van der Waals surface area contributed by atoms with Crippen LogP contribution < -0.4 is 10.0 Å². The van der Waals surface area contributed by atoms with Crippen LogP contribution in [0.1, 0.15) is 15.9 Å². The van der Waals surface area contributed by atoms with E-state index >= 15 is 0 Å². The number of aromatic hydroxyl groups is 1. The Morgan fingerprint density at radius 2 is 1.87 bits per heavy atom. The minimum Gasteiger partial charge on any atom is -0.588 e. The Labute approximate surface area is 186 Å². The first kappa shape index (κ1) is 20.9. The maximum absolute atomic E-state index is 14.7. The standard InChI is InChI=1S/C20H12BrClF2N2O3S/c21-11-2-1-9-8-25-20(28)10-3-14(22)19(27)18(4-10)30(29)26-17-6-13(12(9)5-11)15(23)7-16(17)24/h1-7,26-27H,8H2,(H,25,28). The number of carbonyl (C=O) groups is 1. The lowest BCUT2D eigenvalue weighted by Crippen LogP contribution is -2.23. The highest BCUT2D eigenvalue weighted by Gasteiger charge is 2.26. The molecule has 1 atom stereocenters. The number of benzene rings is 3. The van der Waals surface area contributed by atoms with Crippen LogP contribution in [-0.2, 0) is 17.9 Å². The van der Waals surface area contributed by atoms with E-state index in [-0.39, 0.29) is 33.3 Å². The van der Waals surface area contributed by atoms with Gasteiger partial charge < -0.3 is 15.0 Å². The van der Waals surface area contributed by atoms with Gasteiger partial charge in [-0.3, -0.25) is 4.79 Å². The van der Waals surface area contributed by atoms with Crippen LogP contribution in [0.4, 0.5) is 14.5 Å². The number of nitrogens with one attached hydrogen (secondary N) is 2. The molecule has 3 aromatic carbocycles. The molecule has 0 fully saturated rings. The lowest BCUT2D eigenvalue weighted by molar-refractivity contribution is 0.0950. The van der Waals surface area contributed by atoms with E-state index in [0.29, 0.717) is 21.7 Å². The van der Waals surface area contributed by atoms with Gasteiger partial charge in [0.25, 0.3) is 5.91 Å². The Morgan fingerprint density at radius 3 is 2.63 bits per heavy atom. The van der Waals surface area contributed by atoms with Gasteiger partial charge in [0.2, 0.25) is 4.90 Å². The maximum atomic E-state index is 14.7. The zero-order valence-electron chi connectivity index (χ0n) is 14.9. The minimum absolute atomic E-state index is 0.0396. The smallest absolute Gasteiger partial charge is 0.251 e. The summed E-state index contributed by atoms with van der Waals surface area (Å²) in [5, 5.41) is 12.7. The summed E-state index contributed by atoms with van der Waals surface area (Å²) < 4.78 is 44.9. The van der Waals surface area contributed by atoms with Gasteiger partial charge in [-0.25, -0.2) is 13.5 Å². The summed E-state index contributed by atoms with van der Waals surface area (Å²) in [5.74, 6) is -2.84. The lowest BCUT2D eigenvalue weighted by atomic mass is 9.98. The van der Waals surface area contributed by atoms with Crippen LogP contribution in [0, 0.1) is 11.6 Å². The molecular weight excluding hydrogens is 502 g/mol. The van der Waals surface area contributed by atoms with E-state index in [0.717, 1.165) is 0 Å². The average molecular weight is 514 g/mol. The van der Waals surface area contributed by atoms with Gasteiger partial charge in [0, 0.05) is 34.3 Å². The summed E-state index contributed by atoms with van der Waals surface area (Å²) in [5.41, 5.74) is 0.861. The molecule has 0 saturated carbocycles. The van der Waals surface area contributed by atoms with Gasteiger partial charge in [0.05, 0.1) is 5.02 Å². The van der Waals surface area contributed by atoms with Gasteiger partial charge >= 0.3 is 0 Å². The Hall–Kier alpha value is -2.33. The van der Waals surface area contributed by atoms with E-state index in [9.17, 15) is 23.2 Å². The Kier molecular flexibility index (Phi) is 5.63. The molecule has 4 rings (SSSR count). The first-order chi connectivity index (χ1) is 14.2. The van der Waals surface area contributed by atoms with Crippen molar-refractivity contribution < 1.29 is 23.2 Å². The highest BCUT2D eigenvalue weighted by Crippen LogP contribution is 2.37. The van der Waals surface area contributed by atoms with Crippen molar-refractivity contribution in [2.24, 2.45) is 0 Å². The van der Waals surface area contributed by atoms with E-state index in [1.807, 2.05) is 0 Å². The molecule has 3 aromatic rings. The molecule has 0 spiro atoms. The number of carbonyl (C=O) groups excluding carboxylic acids is 1. The van der Waals surface area contributed by atoms with Gasteiger partial charge in [0.1, 0.15) is 22.9 Å². The van der Waals surface area contributed by atoms with E-state index in [2.05, 4.69) is 26.0 Å². The second kappa shape index (κ2) is 8.07. The second-order valence-corrected chi connectivity index (χ2v) is 8.98. The van der Waals surface area contributed by atoms with Gasteiger partial charge in [-0.2, -0.15) is 0 Å². The Bertz CT molecular complexity index is 1200. The van der Waals surface area contributed by atoms with Gasteiger partial charge in [0.15, 0.2) is 11.6 Å². The van der Waals surface area contributed by atoms with Crippen molar-refractivity contribution in [2.75, 3.05) is 4.72 Å². The Balaban J connectivity index is 1.96. The molecule has 10 heteroatoms. The second-order valence-electron chi connectivity index (χ2n) is 6.47. The number of hydrogen-bond acceptors (Lipinski definition) is 4.